The van der Waals surface area contributed by atoms with E-state index >= 15 is 0 Å². The predicted octanol–water partition coefficient (Wildman–Crippen LogP) is 2.00. The van der Waals surface area contributed by atoms with Crippen molar-refractivity contribution in [1.82, 2.24) is 0 Å². The first kappa shape index (κ1) is 8.81. The standard InChI is InChI=1S/C10H12O2/c1-2-4-10(12)8-5-3-6-9(11)7-8/h2-3,5-7,10-12H,1,4H2/t10-/m1/s1. The third kappa shape index (κ3) is 2.10. The summed E-state index contributed by atoms with van der Waals surface area (Å²) in [4.78, 5) is 0. The van der Waals surface area contributed by atoms with E-state index in [0.717, 1.165) is 5.56 Å². The van der Waals surface area contributed by atoms with Crippen LogP contribution in [0.4, 0.5) is 0 Å². The third-order valence-electron chi connectivity index (χ3n) is 1.64. The van der Waals surface area contributed by atoms with Crippen LogP contribution in [0, 0.1) is 0 Å². The van der Waals surface area contributed by atoms with E-state index in [0.29, 0.717) is 6.42 Å². The maximum absolute atomic E-state index is 9.46. The molecule has 1 atom stereocenters. The van der Waals surface area contributed by atoms with Crippen LogP contribution in [-0.2, 0) is 0 Å². The molecule has 0 unspecified atom stereocenters. The van der Waals surface area contributed by atoms with Crippen LogP contribution in [0.15, 0.2) is 36.9 Å². The van der Waals surface area contributed by atoms with Gasteiger partial charge in [-0.2, -0.15) is 0 Å². The van der Waals surface area contributed by atoms with Gasteiger partial charge >= 0.3 is 0 Å². The molecule has 0 spiro atoms. The summed E-state index contributed by atoms with van der Waals surface area (Å²) in [7, 11) is 0. The predicted molar refractivity (Wildman–Crippen MR) is 47.9 cm³/mol. The van der Waals surface area contributed by atoms with E-state index in [2.05, 4.69) is 6.58 Å². The van der Waals surface area contributed by atoms with E-state index in [1.54, 1.807) is 30.3 Å². The Morgan fingerprint density at radius 2 is 2.25 bits per heavy atom. The van der Waals surface area contributed by atoms with Gasteiger partial charge in [-0.05, 0) is 24.1 Å². The van der Waals surface area contributed by atoms with Crippen molar-refractivity contribution in [2.24, 2.45) is 0 Å². The molecule has 0 saturated heterocycles. The number of phenols is 1. The van der Waals surface area contributed by atoms with Gasteiger partial charge in [-0.15, -0.1) is 6.58 Å². The number of aliphatic hydroxyl groups is 1. The minimum Gasteiger partial charge on any atom is -0.508 e. The molecule has 1 aromatic rings. The molecule has 1 rings (SSSR count). The summed E-state index contributed by atoms with van der Waals surface area (Å²) in [6.07, 6.45) is 1.59. The Morgan fingerprint density at radius 3 is 2.83 bits per heavy atom. The monoisotopic (exact) mass is 164 g/mol. The smallest absolute Gasteiger partial charge is 0.115 e. The number of benzene rings is 1. The van der Waals surface area contributed by atoms with Gasteiger partial charge in [0.25, 0.3) is 0 Å². The van der Waals surface area contributed by atoms with E-state index in [-0.39, 0.29) is 5.75 Å². The Kier molecular flexibility index (Phi) is 2.88. The number of aliphatic hydroxyl groups excluding tert-OH is 1. The number of phenolic OH excluding ortho intramolecular Hbond substituents is 1. The molecule has 0 fully saturated rings. The summed E-state index contributed by atoms with van der Waals surface area (Å²) in [5.41, 5.74) is 0.718. The average molecular weight is 164 g/mol. The van der Waals surface area contributed by atoms with Gasteiger partial charge in [-0.1, -0.05) is 18.2 Å². The maximum atomic E-state index is 9.46. The molecule has 1 aromatic carbocycles. The summed E-state index contributed by atoms with van der Waals surface area (Å²) in [6.45, 7) is 3.53. The Morgan fingerprint density at radius 1 is 1.50 bits per heavy atom. The van der Waals surface area contributed by atoms with E-state index in [9.17, 15) is 5.11 Å². The van der Waals surface area contributed by atoms with Gasteiger partial charge in [0.1, 0.15) is 5.75 Å². The van der Waals surface area contributed by atoms with Crippen LogP contribution in [0.5, 0.6) is 5.75 Å². The Hall–Kier alpha value is -1.28. The number of rotatable bonds is 3. The number of hydrogen-bond donors (Lipinski definition) is 2. The molecular weight excluding hydrogens is 152 g/mol. The minimum absolute atomic E-state index is 0.176. The van der Waals surface area contributed by atoms with Gasteiger partial charge in [0.05, 0.1) is 6.10 Å². The highest BCUT2D eigenvalue weighted by Gasteiger charge is 2.04. The van der Waals surface area contributed by atoms with Crippen molar-refractivity contribution in [3.63, 3.8) is 0 Å². The first-order valence-electron chi connectivity index (χ1n) is 3.82. The molecule has 12 heavy (non-hydrogen) atoms. The van der Waals surface area contributed by atoms with Gasteiger partial charge < -0.3 is 10.2 Å². The summed E-state index contributed by atoms with van der Waals surface area (Å²) in [6, 6.07) is 6.60. The highest BCUT2D eigenvalue weighted by Crippen LogP contribution is 2.20. The Bertz CT molecular complexity index is 268. The van der Waals surface area contributed by atoms with Crippen molar-refractivity contribution in [3.05, 3.63) is 42.5 Å². The number of aromatic hydroxyl groups is 1. The lowest BCUT2D eigenvalue weighted by molar-refractivity contribution is 0.181. The fraction of sp³-hybridized carbons (Fsp3) is 0.200. The zero-order valence-corrected chi connectivity index (χ0v) is 6.77. The highest BCUT2D eigenvalue weighted by molar-refractivity contribution is 5.28. The van der Waals surface area contributed by atoms with Crippen molar-refractivity contribution < 1.29 is 10.2 Å². The quantitative estimate of drug-likeness (QED) is 0.671. The highest BCUT2D eigenvalue weighted by atomic mass is 16.3. The summed E-state index contributed by atoms with van der Waals surface area (Å²) < 4.78 is 0. The first-order chi connectivity index (χ1) is 5.74. The van der Waals surface area contributed by atoms with E-state index < -0.39 is 6.10 Å². The van der Waals surface area contributed by atoms with Gasteiger partial charge in [0, 0.05) is 0 Å². The second-order valence-corrected chi connectivity index (χ2v) is 2.64. The van der Waals surface area contributed by atoms with Crippen LogP contribution in [0.3, 0.4) is 0 Å². The molecule has 2 N–H and O–H groups in total. The molecule has 0 aromatic heterocycles. The van der Waals surface area contributed by atoms with Crippen molar-refractivity contribution in [3.8, 4) is 5.75 Å². The van der Waals surface area contributed by atoms with Crippen LogP contribution in [-0.4, -0.2) is 10.2 Å². The maximum Gasteiger partial charge on any atom is 0.115 e. The van der Waals surface area contributed by atoms with Crippen molar-refractivity contribution >= 4 is 0 Å². The average Bonchev–Trinajstić information content (AvgIpc) is 2.05. The molecular formula is C10H12O2. The lowest BCUT2D eigenvalue weighted by Crippen LogP contribution is -1.94. The molecule has 0 amide bonds. The second-order valence-electron chi connectivity index (χ2n) is 2.64. The SMILES string of the molecule is C=CC[C@@H](O)c1cccc(O)c1. The fourth-order valence-electron chi connectivity index (χ4n) is 1.03. The second kappa shape index (κ2) is 3.93. The van der Waals surface area contributed by atoms with Crippen LogP contribution < -0.4 is 0 Å². The van der Waals surface area contributed by atoms with Gasteiger partial charge in [0.2, 0.25) is 0 Å². The molecule has 2 nitrogen and oxygen atoms in total. The van der Waals surface area contributed by atoms with E-state index in [4.69, 9.17) is 5.11 Å². The minimum atomic E-state index is -0.561. The van der Waals surface area contributed by atoms with Crippen LogP contribution >= 0.6 is 0 Å². The molecule has 0 bridgehead atoms. The van der Waals surface area contributed by atoms with E-state index in [1.807, 2.05) is 0 Å². The first-order valence-corrected chi connectivity index (χ1v) is 3.82. The zero-order chi connectivity index (χ0) is 8.97. The largest absolute Gasteiger partial charge is 0.508 e. The number of hydrogen-bond acceptors (Lipinski definition) is 2. The van der Waals surface area contributed by atoms with Crippen LogP contribution in [0.1, 0.15) is 18.1 Å². The molecule has 0 radical (unpaired) electrons. The van der Waals surface area contributed by atoms with Gasteiger partial charge in [-0.25, -0.2) is 0 Å². The van der Waals surface area contributed by atoms with Crippen LogP contribution in [0.25, 0.3) is 0 Å². The molecule has 0 heterocycles. The van der Waals surface area contributed by atoms with Gasteiger partial charge in [-0.3, -0.25) is 0 Å². The summed E-state index contributed by atoms with van der Waals surface area (Å²) in [5, 5.41) is 18.6. The molecule has 0 saturated carbocycles. The molecule has 0 aliphatic carbocycles. The molecule has 0 aliphatic heterocycles. The molecule has 2 heteroatoms. The van der Waals surface area contributed by atoms with E-state index in [1.165, 1.54) is 0 Å². The summed E-state index contributed by atoms with van der Waals surface area (Å²) in [5.74, 6) is 0.176. The Balaban J connectivity index is 2.80. The van der Waals surface area contributed by atoms with Crippen LogP contribution in [0.2, 0.25) is 0 Å². The fourth-order valence-corrected chi connectivity index (χ4v) is 1.03. The third-order valence-corrected chi connectivity index (χ3v) is 1.64. The Labute approximate surface area is 71.8 Å². The van der Waals surface area contributed by atoms with Crippen molar-refractivity contribution in [1.29, 1.82) is 0 Å². The summed E-state index contributed by atoms with van der Waals surface area (Å²) >= 11 is 0. The lowest BCUT2D eigenvalue weighted by Gasteiger charge is -2.07. The molecule has 0 aliphatic rings. The normalized spacial score (nSPS) is 12.4. The zero-order valence-electron chi connectivity index (χ0n) is 6.77. The van der Waals surface area contributed by atoms with Crippen molar-refractivity contribution in [2.45, 2.75) is 12.5 Å². The topological polar surface area (TPSA) is 40.5 Å². The van der Waals surface area contributed by atoms with Gasteiger partial charge in [0.15, 0.2) is 0 Å². The molecule has 64 valence electrons. The van der Waals surface area contributed by atoms with Crippen molar-refractivity contribution in [2.75, 3.05) is 0 Å². The lowest BCUT2D eigenvalue weighted by atomic mass is 10.1.